The van der Waals surface area contributed by atoms with Gasteiger partial charge in [-0.15, -0.1) is 0 Å². The number of ether oxygens (including phenoxy) is 1. The van der Waals surface area contributed by atoms with Crippen molar-refractivity contribution in [3.05, 3.63) is 53.9 Å². The third-order valence-electron chi connectivity index (χ3n) is 3.58. The van der Waals surface area contributed by atoms with Gasteiger partial charge in [0.15, 0.2) is 0 Å². The minimum absolute atomic E-state index is 0.0875. The maximum Gasteiger partial charge on any atom is 0.269 e. The van der Waals surface area contributed by atoms with Crippen molar-refractivity contribution in [3.63, 3.8) is 0 Å². The SMILES string of the molecule is CC(C)Oc1ccc(NC(=O)c2ccnc(C(=O)NCCN(C)C)c2)cc1. The lowest BCUT2D eigenvalue weighted by Crippen LogP contribution is -2.32. The van der Waals surface area contributed by atoms with Crippen LogP contribution in [0, 0.1) is 0 Å². The van der Waals surface area contributed by atoms with Gasteiger partial charge in [-0.2, -0.15) is 0 Å². The maximum absolute atomic E-state index is 12.4. The molecule has 2 rings (SSSR count). The third kappa shape index (κ3) is 6.71. The van der Waals surface area contributed by atoms with Crippen LogP contribution in [-0.2, 0) is 0 Å². The summed E-state index contributed by atoms with van der Waals surface area (Å²) in [5, 5.41) is 5.58. The number of hydrogen-bond acceptors (Lipinski definition) is 5. The van der Waals surface area contributed by atoms with Gasteiger partial charge >= 0.3 is 0 Å². The Morgan fingerprint density at radius 3 is 2.44 bits per heavy atom. The number of anilines is 1. The van der Waals surface area contributed by atoms with Gasteiger partial charge in [0.1, 0.15) is 11.4 Å². The fraction of sp³-hybridized carbons (Fsp3) is 0.350. The molecule has 144 valence electrons. The van der Waals surface area contributed by atoms with E-state index in [0.29, 0.717) is 17.8 Å². The van der Waals surface area contributed by atoms with Gasteiger partial charge in [-0.25, -0.2) is 0 Å². The average molecular weight is 370 g/mol. The molecule has 7 nitrogen and oxygen atoms in total. The molecule has 7 heteroatoms. The second kappa shape index (κ2) is 9.68. The molecule has 0 radical (unpaired) electrons. The Bertz CT molecular complexity index is 773. The average Bonchev–Trinajstić information content (AvgIpc) is 2.62. The van der Waals surface area contributed by atoms with Crippen LogP contribution >= 0.6 is 0 Å². The summed E-state index contributed by atoms with van der Waals surface area (Å²) in [4.78, 5) is 30.6. The van der Waals surface area contributed by atoms with E-state index in [9.17, 15) is 9.59 Å². The third-order valence-corrected chi connectivity index (χ3v) is 3.58. The van der Waals surface area contributed by atoms with Crippen molar-refractivity contribution in [2.24, 2.45) is 0 Å². The van der Waals surface area contributed by atoms with Gasteiger partial charge in [0.25, 0.3) is 11.8 Å². The molecular formula is C20H26N4O3. The molecule has 2 amide bonds. The van der Waals surface area contributed by atoms with E-state index in [1.54, 1.807) is 30.3 Å². The van der Waals surface area contributed by atoms with E-state index in [0.717, 1.165) is 12.3 Å². The first kappa shape index (κ1) is 20.4. The van der Waals surface area contributed by atoms with Crippen LogP contribution in [0.3, 0.4) is 0 Å². The summed E-state index contributed by atoms with van der Waals surface area (Å²) in [7, 11) is 3.85. The van der Waals surface area contributed by atoms with Crippen LogP contribution in [0.1, 0.15) is 34.7 Å². The van der Waals surface area contributed by atoms with E-state index < -0.39 is 0 Å². The van der Waals surface area contributed by atoms with Crippen molar-refractivity contribution < 1.29 is 14.3 Å². The van der Waals surface area contributed by atoms with E-state index in [4.69, 9.17) is 4.74 Å². The molecule has 2 N–H and O–H groups in total. The molecule has 0 spiro atoms. The first-order valence-corrected chi connectivity index (χ1v) is 8.82. The van der Waals surface area contributed by atoms with E-state index in [1.165, 1.54) is 12.3 Å². The largest absolute Gasteiger partial charge is 0.491 e. The molecule has 2 aromatic rings. The van der Waals surface area contributed by atoms with Gasteiger partial charge < -0.3 is 20.3 Å². The lowest BCUT2D eigenvalue weighted by Gasteiger charge is -2.11. The summed E-state index contributed by atoms with van der Waals surface area (Å²) >= 11 is 0. The fourth-order valence-electron chi connectivity index (χ4n) is 2.27. The van der Waals surface area contributed by atoms with Crippen molar-refractivity contribution in [2.75, 3.05) is 32.5 Å². The normalized spacial score (nSPS) is 10.7. The number of pyridine rings is 1. The number of carbonyl (C=O) groups excluding carboxylic acids is 2. The van der Waals surface area contributed by atoms with Crippen molar-refractivity contribution in [1.82, 2.24) is 15.2 Å². The Morgan fingerprint density at radius 1 is 1.11 bits per heavy atom. The van der Waals surface area contributed by atoms with Crippen LogP contribution in [0.25, 0.3) is 0 Å². The van der Waals surface area contributed by atoms with Crippen molar-refractivity contribution in [2.45, 2.75) is 20.0 Å². The highest BCUT2D eigenvalue weighted by Crippen LogP contribution is 2.17. The Labute approximate surface area is 159 Å². The number of nitrogens with zero attached hydrogens (tertiary/aromatic N) is 2. The van der Waals surface area contributed by atoms with E-state index >= 15 is 0 Å². The quantitative estimate of drug-likeness (QED) is 0.746. The van der Waals surface area contributed by atoms with Crippen LogP contribution in [0.5, 0.6) is 5.75 Å². The Hall–Kier alpha value is -2.93. The van der Waals surface area contributed by atoms with Crippen LogP contribution in [0.2, 0.25) is 0 Å². The summed E-state index contributed by atoms with van der Waals surface area (Å²) in [6, 6.07) is 10.2. The van der Waals surface area contributed by atoms with Crippen molar-refractivity contribution in [1.29, 1.82) is 0 Å². The van der Waals surface area contributed by atoms with Gasteiger partial charge in [0.05, 0.1) is 6.10 Å². The summed E-state index contributed by atoms with van der Waals surface area (Å²) < 4.78 is 5.58. The minimum Gasteiger partial charge on any atom is -0.491 e. The number of hydrogen-bond donors (Lipinski definition) is 2. The van der Waals surface area contributed by atoms with Crippen LogP contribution in [0.4, 0.5) is 5.69 Å². The predicted molar refractivity (Wildman–Crippen MR) is 105 cm³/mol. The van der Waals surface area contributed by atoms with E-state index in [2.05, 4.69) is 15.6 Å². The Balaban J connectivity index is 1.99. The second-order valence-corrected chi connectivity index (χ2v) is 6.63. The monoisotopic (exact) mass is 370 g/mol. The van der Waals surface area contributed by atoms with E-state index in [-0.39, 0.29) is 23.6 Å². The smallest absolute Gasteiger partial charge is 0.269 e. The number of carbonyl (C=O) groups is 2. The zero-order valence-corrected chi connectivity index (χ0v) is 16.2. The summed E-state index contributed by atoms with van der Waals surface area (Å²) in [5.74, 6) is 0.127. The topological polar surface area (TPSA) is 83.6 Å². The lowest BCUT2D eigenvalue weighted by atomic mass is 10.2. The molecule has 0 atom stereocenters. The standard InChI is InChI=1S/C20H26N4O3/c1-14(2)27-17-7-5-16(6-8-17)23-19(25)15-9-10-21-18(13-15)20(26)22-11-12-24(3)4/h5-10,13-14H,11-12H2,1-4H3,(H,22,26)(H,23,25). The second-order valence-electron chi connectivity index (χ2n) is 6.63. The number of nitrogens with one attached hydrogen (secondary N) is 2. The molecule has 0 saturated heterocycles. The zero-order valence-electron chi connectivity index (χ0n) is 16.2. The maximum atomic E-state index is 12.4. The van der Waals surface area contributed by atoms with Gasteiger partial charge in [0, 0.05) is 30.5 Å². The summed E-state index contributed by atoms with van der Waals surface area (Å²) in [5.41, 5.74) is 1.22. The molecular weight excluding hydrogens is 344 g/mol. The highest BCUT2D eigenvalue weighted by molar-refractivity contribution is 6.05. The first-order chi connectivity index (χ1) is 12.8. The summed E-state index contributed by atoms with van der Waals surface area (Å²) in [6.07, 6.45) is 1.54. The highest BCUT2D eigenvalue weighted by Gasteiger charge is 2.12. The fourth-order valence-corrected chi connectivity index (χ4v) is 2.27. The van der Waals surface area contributed by atoms with Gasteiger partial charge in [-0.3, -0.25) is 14.6 Å². The molecule has 0 aliphatic heterocycles. The molecule has 27 heavy (non-hydrogen) atoms. The number of rotatable bonds is 8. The molecule has 0 saturated carbocycles. The lowest BCUT2D eigenvalue weighted by molar-refractivity contribution is 0.0946. The molecule has 1 aromatic heterocycles. The van der Waals surface area contributed by atoms with Crippen molar-refractivity contribution >= 4 is 17.5 Å². The van der Waals surface area contributed by atoms with Crippen LogP contribution in [0.15, 0.2) is 42.6 Å². The first-order valence-electron chi connectivity index (χ1n) is 8.82. The number of aromatic nitrogens is 1. The molecule has 0 fully saturated rings. The van der Waals surface area contributed by atoms with Gasteiger partial charge in [-0.1, -0.05) is 0 Å². The molecule has 1 heterocycles. The number of likely N-dealkylation sites (N-methyl/N-ethyl adjacent to an activating group) is 1. The highest BCUT2D eigenvalue weighted by atomic mass is 16.5. The Morgan fingerprint density at radius 2 is 1.81 bits per heavy atom. The zero-order chi connectivity index (χ0) is 19.8. The molecule has 0 aliphatic rings. The molecule has 0 bridgehead atoms. The molecule has 0 aliphatic carbocycles. The Kier molecular flexibility index (Phi) is 7.31. The molecule has 1 aromatic carbocycles. The van der Waals surface area contributed by atoms with Crippen LogP contribution < -0.4 is 15.4 Å². The predicted octanol–water partition coefficient (Wildman–Crippen LogP) is 2.41. The summed E-state index contributed by atoms with van der Waals surface area (Å²) in [6.45, 7) is 5.14. The van der Waals surface area contributed by atoms with Crippen molar-refractivity contribution in [3.8, 4) is 5.75 Å². The minimum atomic E-state index is -0.308. The van der Waals surface area contributed by atoms with Gasteiger partial charge in [0.2, 0.25) is 0 Å². The molecule has 0 unspecified atom stereocenters. The van der Waals surface area contributed by atoms with E-state index in [1.807, 2.05) is 32.8 Å². The number of amides is 2. The van der Waals surface area contributed by atoms with Gasteiger partial charge in [-0.05, 0) is 64.3 Å². The van der Waals surface area contributed by atoms with Crippen LogP contribution in [-0.4, -0.2) is 55.0 Å². The number of benzene rings is 1.